The number of carbonyl (C=O) groups is 1. The number of para-hydroxylation sites is 1. The van der Waals surface area contributed by atoms with Crippen molar-refractivity contribution in [3.05, 3.63) is 101 Å². The van der Waals surface area contributed by atoms with Crippen molar-refractivity contribution in [2.24, 2.45) is 0 Å². The summed E-state index contributed by atoms with van der Waals surface area (Å²) >= 11 is 6.49. The largest absolute Gasteiger partial charge is 0.495 e. The minimum absolute atomic E-state index is 0.0103. The summed E-state index contributed by atoms with van der Waals surface area (Å²) in [6, 6.07) is 22.1. The number of aryl methyl sites for hydroxylation is 1. The van der Waals surface area contributed by atoms with Crippen LogP contribution < -0.4 is 15.0 Å². The van der Waals surface area contributed by atoms with E-state index in [4.69, 9.17) is 21.4 Å². The molecule has 1 saturated heterocycles. The normalized spacial score (nSPS) is 19.5. The predicted molar refractivity (Wildman–Crippen MR) is 152 cm³/mol. The van der Waals surface area contributed by atoms with Crippen molar-refractivity contribution >= 4 is 29.3 Å². The average Bonchev–Trinajstić information content (AvgIpc) is 3.53. The molecule has 0 saturated carbocycles. The molecular formula is C31H29ClN4O2. The number of halogens is 1. The van der Waals surface area contributed by atoms with Gasteiger partial charge in [0.2, 0.25) is 5.91 Å². The Hall–Kier alpha value is -4.03. The molecular weight excluding hydrogens is 496 g/mol. The number of benzene rings is 3. The molecule has 7 heteroatoms. The fraction of sp³-hybridized carbons (Fsp3) is 0.226. The molecule has 0 bridgehead atoms. The zero-order valence-electron chi connectivity index (χ0n) is 21.8. The highest BCUT2D eigenvalue weighted by Gasteiger charge is 2.60. The lowest BCUT2D eigenvalue weighted by molar-refractivity contribution is -0.118. The molecule has 1 amide bonds. The van der Waals surface area contributed by atoms with E-state index in [1.165, 1.54) is 11.1 Å². The first-order valence-electron chi connectivity index (χ1n) is 12.6. The van der Waals surface area contributed by atoms with Crippen LogP contribution in [0.3, 0.4) is 0 Å². The average molecular weight is 525 g/mol. The molecule has 192 valence electrons. The van der Waals surface area contributed by atoms with Crippen LogP contribution in [0.1, 0.15) is 30.5 Å². The summed E-state index contributed by atoms with van der Waals surface area (Å²) < 4.78 is 7.23. The standard InChI is InChI=1S/C31H29ClN4O2/c1-20-10-12-26-24(16-20)30(2,3)31(33-28(37)19-35(26)31)15-14-22-18-36(23-8-6-5-7-9-23)34-29(22)21-11-13-27(38-4)25(32)17-21/h5-18H,19H2,1-4H3,(H,33,37)/b15-14+. The van der Waals surface area contributed by atoms with Gasteiger partial charge in [0.05, 0.1) is 30.1 Å². The van der Waals surface area contributed by atoms with Gasteiger partial charge < -0.3 is 15.0 Å². The Morgan fingerprint density at radius 3 is 2.61 bits per heavy atom. The minimum atomic E-state index is -0.704. The zero-order chi connectivity index (χ0) is 26.7. The molecule has 1 N–H and O–H groups in total. The van der Waals surface area contributed by atoms with E-state index in [1.807, 2.05) is 59.4 Å². The first-order valence-corrected chi connectivity index (χ1v) is 13.0. The van der Waals surface area contributed by atoms with Gasteiger partial charge in [0.1, 0.15) is 11.4 Å². The van der Waals surface area contributed by atoms with Crippen molar-refractivity contribution in [3.8, 4) is 22.7 Å². The molecule has 38 heavy (non-hydrogen) atoms. The maximum absolute atomic E-state index is 12.8. The fourth-order valence-corrected chi connectivity index (χ4v) is 6.02. The number of rotatable bonds is 5. The fourth-order valence-electron chi connectivity index (χ4n) is 5.76. The predicted octanol–water partition coefficient (Wildman–Crippen LogP) is 6.15. The van der Waals surface area contributed by atoms with Crippen LogP contribution in [0.4, 0.5) is 5.69 Å². The van der Waals surface area contributed by atoms with Crippen LogP contribution in [0.2, 0.25) is 5.02 Å². The number of carbonyl (C=O) groups excluding carboxylic acids is 1. The number of amides is 1. The van der Waals surface area contributed by atoms with Crippen LogP contribution >= 0.6 is 11.6 Å². The van der Waals surface area contributed by atoms with Gasteiger partial charge in [-0.2, -0.15) is 5.10 Å². The number of hydrogen-bond donors (Lipinski definition) is 1. The Kier molecular flexibility index (Phi) is 5.61. The van der Waals surface area contributed by atoms with E-state index in [0.717, 1.165) is 28.2 Å². The van der Waals surface area contributed by atoms with Gasteiger partial charge in [0.15, 0.2) is 0 Å². The van der Waals surface area contributed by atoms with Crippen molar-refractivity contribution in [3.63, 3.8) is 0 Å². The summed E-state index contributed by atoms with van der Waals surface area (Å²) in [5.41, 5.74) is 5.96. The Morgan fingerprint density at radius 2 is 1.87 bits per heavy atom. The number of aromatic nitrogens is 2. The Labute approximate surface area is 227 Å². The van der Waals surface area contributed by atoms with Gasteiger partial charge in [-0.1, -0.05) is 67.4 Å². The zero-order valence-corrected chi connectivity index (χ0v) is 22.6. The maximum Gasteiger partial charge on any atom is 0.241 e. The van der Waals surface area contributed by atoms with E-state index < -0.39 is 5.66 Å². The molecule has 3 aromatic carbocycles. The van der Waals surface area contributed by atoms with E-state index in [0.29, 0.717) is 17.3 Å². The molecule has 1 fully saturated rings. The number of hydrogen-bond acceptors (Lipinski definition) is 4. The van der Waals surface area contributed by atoms with Crippen LogP contribution in [0.5, 0.6) is 5.75 Å². The Bertz CT molecular complexity index is 1590. The van der Waals surface area contributed by atoms with Gasteiger partial charge in [0.25, 0.3) is 0 Å². The lowest BCUT2D eigenvalue weighted by atomic mass is 9.75. The molecule has 2 aliphatic heterocycles. The number of nitrogens with zero attached hydrogens (tertiary/aromatic N) is 3. The lowest BCUT2D eigenvalue weighted by Crippen LogP contribution is -2.58. The lowest BCUT2D eigenvalue weighted by Gasteiger charge is -2.40. The summed E-state index contributed by atoms with van der Waals surface area (Å²) in [7, 11) is 1.60. The Morgan fingerprint density at radius 1 is 1.08 bits per heavy atom. The highest BCUT2D eigenvalue weighted by atomic mass is 35.5. The summed E-state index contributed by atoms with van der Waals surface area (Å²) in [6.45, 7) is 6.80. The topological polar surface area (TPSA) is 59.4 Å². The van der Waals surface area contributed by atoms with Crippen LogP contribution in [0, 0.1) is 6.92 Å². The second-order valence-corrected chi connectivity index (χ2v) is 10.8. The van der Waals surface area contributed by atoms with Crippen molar-refractivity contribution in [2.75, 3.05) is 18.6 Å². The van der Waals surface area contributed by atoms with E-state index in [9.17, 15) is 4.79 Å². The summed E-state index contributed by atoms with van der Waals surface area (Å²) in [6.07, 6.45) is 6.20. The van der Waals surface area contributed by atoms with Crippen LogP contribution in [0.25, 0.3) is 23.0 Å². The quantitative estimate of drug-likeness (QED) is 0.340. The van der Waals surface area contributed by atoms with Gasteiger partial charge in [-0.3, -0.25) is 4.79 Å². The first-order chi connectivity index (χ1) is 18.2. The molecule has 0 aliphatic carbocycles. The SMILES string of the molecule is COc1ccc(-c2nn(-c3ccccc3)cc2/C=C/C23NC(=O)CN2c2ccc(C)cc2C3(C)C)cc1Cl. The summed E-state index contributed by atoms with van der Waals surface area (Å²) in [5, 5.41) is 8.77. The highest BCUT2D eigenvalue weighted by molar-refractivity contribution is 6.32. The van der Waals surface area contributed by atoms with Crippen LogP contribution in [0.15, 0.2) is 79.0 Å². The molecule has 0 spiro atoms. The molecule has 1 unspecified atom stereocenters. The molecule has 1 atom stereocenters. The molecule has 3 heterocycles. The summed E-state index contributed by atoms with van der Waals surface area (Å²) in [5.74, 6) is 0.620. The molecule has 4 aromatic rings. The third kappa shape index (κ3) is 3.63. The molecule has 1 aromatic heterocycles. The van der Waals surface area contributed by atoms with E-state index in [-0.39, 0.29) is 11.3 Å². The van der Waals surface area contributed by atoms with Crippen molar-refractivity contribution in [2.45, 2.75) is 31.8 Å². The third-order valence-corrected chi connectivity index (χ3v) is 8.11. The molecule has 2 aliphatic rings. The van der Waals surface area contributed by atoms with Gasteiger partial charge in [-0.05, 0) is 55.0 Å². The second-order valence-electron chi connectivity index (χ2n) is 10.4. The monoisotopic (exact) mass is 524 g/mol. The van der Waals surface area contributed by atoms with E-state index in [2.05, 4.69) is 61.3 Å². The first kappa shape index (κ1) is 24.3. The highest BCUT2D eigenvalue weighted by Crippen LogP contribution is 2.53. The number of anilines is 1. The van der Waals surface area contributed by atoms with Crippen molar-refractivity contribution in [1.82, 2.24) is 15.1 Å². The van der Waals surface area contributed by atoms with Crippen molar-refractivity contribution in [1.29, 1.82) is 0 Å². The van der Waals surface area contributed by atoms with E-state index >= 15 is 0 Å². The summed E-state index contributed by atoms with van der Waals surface area (Å²) in [4.78, 5) is 15.0. The van der Waals surface area contributed by atoms with Gasteiger partial charge in [-0.25, -0.2) is 4.68 Å². The molecule has 6 rings (SSSR count). The van der Waals surface area contributed by atoms with Crippen LogP contribution in [-0.4, -0.2) is 35.0 Å². The van der Waals surface area contributed by atoms with Gasteiger partial charge in [0, 0.05) is 28.4 Å². The number of ether oxygens (including phenoxy) is 1. The van der Waals surface area contributed by atoms with Gasteiger partial charge in [-0.15, -0.1) is 0 Å². The van der Waals surface area contributed by atoms with E-state index in [1.54, 1.807) is 7.11 Å². The maximum atomic E-state index is 12.8. The second kappa shape index (κ2) is 8.77. The minimum Gasteiger partial charge on any atom is -0.495 e. The molecule has 0 radical (unpaired) electrons. The van der Waals surface area contributed by atoms with Crippen molar-refractivity contribution < 1.29 is 9.53 Å². The number of methoxy groups -OCH3 is 1. The number of nitrogens with one attached hydrogen (secondary N) is 1. The third-order valence-electron chi connectivity index (χ3n) is 7.82. The number of fused-ring (bicyclic) bond motifs is 3. The smallest absolute Gasteiger partial charge is 0.241 e. The molecule has 6 nitrogen and oxygen atoms in total. The van der Waals surface area contributed by atoms with Gasteiger partial charge >= 0.3 is 0 Å². The van der Waals surface area contributed by atoms with Crippen LogP contribution in [-0.2, 0) is 10.2 Å². The Balaban J connectivity index is 1.49.